The smallest absolute Gasteiger partial charge is 0.416 e. The van der Waals surface area contributed by atoms with Gasteiger partial charge in [-0.2, -0.15) is 31.3 Å². The molecular weight excluding hydrogens is 382 g/mol. The van der Waals surface area contributed by atoms with Crippen molar-refractivity contribution in [1.29, 1.82) is 0 Å². The van der Waals surface area contributed by atoms with E-state index >= 15 is 0 Å². The summed E-state index contributed by atoms with van der Waals surface area (Å²) in [5.74, 6) is -2.28. The lowest BCUT2D eigenvalue weighted by molar-refractivity contribution is -0.138. The Morgan fingerprint density at radius 3 is 2.26 bits per heavy atom. The molecule has 0 bridgehead atoms. The summed E-state index contributed by atoms with van der Waals surface area (Å²) < 4.78 is 77.2. The zero-order valence-electron chi connectivity index (χ0n) is 13.5. The molecule has 0 aliphatic carbocycles. The molecule has 0 unspecified atom stereocenters. The summed E-state index contributed by atoms with van der Waals surface area (Å²) >= 11 is 0. The van der Waals surface area contributed by atoms with Crippen LogP contribution in [-0.2, 0) is 23.9 Å². The van der Waals surface area contributed by atoms with Gasteiger partial charge in [0.15, 0.2) is 11.8 Å². The third-order valence-electron chi connectivity index (χ3n) is 3.67. The molecule has 12 heteroatoms. The van der Waals surface area contributed by atoms with Crippen molar-refractivity contribution in [1.82, 2.24) is 4.57 Å². The lowest BCUT2D eigenvalue weighted by Gasteiger charge is -2.12. The fraction of sp³-hybridized carbons (Fsp3) is 0.333. The number of hydrogen-bond acceptors (Lipinski definition) is 2. The average Bonchev–Trinajstić information content (AvgIpc) is 2.75. The van der Waals surface area contributed by atoms with Crippen LogP contribution < -0.4 is 11.5 Å². The number of nitrogens with zero attached hydrogens (tertiary/aromatic N) is 2. The first-order valence-electron chi connectivity index (χ1n) is 7.40. The van der Waals surface area contributed by atoms with Gasteiger partial charge in [-0.05, 0) is 18.2 Å². The molecule has 1 aromatic heterocycles. The van der Waals surface area contributed by atoms with Crippen molar-refractivity contribution in [2.45, 2.75) is 31.7 Å². The number of nitrogens with two attached hydrogens (primary N) is 2. The number of aromatic hydroxyl groups is 1. The van der Waals surface area contributed by atoms with Crippen molar-refractivity contribution in [3.63, 3.8) is 0 Å². The van der Waals surface area contributed by atoms with Crippen molar-refractivity contribution >= 4 is 22.6 Å². The highest BCUT2D eigenvalue weighted by Crippen LogP contribution is 2.38. The van der Waals surface area contributed by atoms with Crippen molar-refractivity contribution in [2.24, 2.45) is 16.5 Å². The molecule has 0 aliphatic heterocycles. The molecular formula is C15H14F6N4O2. The Kier molecular flexibility index (Phi) is 5.29. The van der Waals surface area contributed by atoms with Crippen LogP contribution in [0.25, 0.3) is 10.8 Å². The summed E-state index contributed by atoms with van der Waals surface area (Å²) in [5, 5.41) is 9.83. The number of aliphatic imine (C=N–C) groups is 1. The Labute approximate surface area is 148 Å². The van der Waals surface area contributed by atoms with Crippen molar-refractivity contribution in [2.75, 3.05) is 0 Å². The minimum atomic E-state index is -4.72. The first-order chi connectivity index (χ1) is 12.3. The minimum absolute atomic E-state index is 0.127. The number of fused-ring (bicyclic) bond motifs is 1. The first kappa shape index (κ1) is 20.4. The number of halogens is 6. The zero-order valence-corrected chi connectivity index (χ0v) is 13.5. The molecule has 0 saturated heterocycles. The van der Waals surface area contributed by atoms with Gasteiger partial charge in [0.25, 0.3) is 5.91 Å². The Balaban J connectivity index is 2.63. The summed E-state index contributed by atoms with van der Waals surface area (Å²) in [6, 6.07) is 2.25. The van der Waals surface area contributed by atoms with Crippen LogP contribution in [-0.4, -0.2) is 27.7 Å². The molecule has 5 N–H and O–H groups in total. The predicted octanol–water partition coefficient (Wildman–Crippen LogP) is 2.66. The van der Waals surface area contributed by atoms with Gasteiger partial charge in [-0.15, -0.1) is 0 Å². The van der Waals surface area contributed by atoms with Crippen LogP contribution in [0.15, 0.2) is 23.2 Å². The third kappa shape index (κ3) is 4.83. The van der Waals surface area contributed by atoms with Gasteiger partial charge in [0.2, 0.25) is 0 Å². The van der Waals surface area contributed by atoms with Crippen LogP contribution in [0.1, 0.15) is 17.7 Å². The third-order valence-corrected chi connectivity index (χ3v) is 3.67. The summed E-state index contributed by atoms with van der Waals surface area (Å²) in [6.45, 7) is -0.796. The van der Waals surface area contributed by atoms with E-state index in [9.17, 15) is 36.2 Å². The highest BCUT2D eigenvalue weighted by Gasteiger charge is 2.33. The van der Waals surface area contributed by atoms with Gasteiger partial charge >= 0.3 is 12.4 Å². The second-order valence-corrected chi connectivity index (χ2v) is 5.65. The summed E-state index contributed by atoms with van der Waals surface area (Å²) in [5.41, 5.74) is 8.76. The molecule has 0 fully saturated rings. The van der Waals surface area contributed by atoms with Crippen LogP contribution >= 0.6 is 0 Å². The van der Waals surface area contributed by atoms with E-state index in [2.05, 4.69) is 4.99 Å². The molecule has 2 aromatic rings. The van der Waals surface area contributed by atoms with Crippen LogP contribution in [0.4, 0.5) is 26.3 Å². The highest BCUT2D eigenvalue weighted by atomic mass is 19.4. The average molecular weight is 396 g/mol. The number of benzene rings is 1. The number of hydrogen-bond donors (Lipinski definition) is 3. The van der Waals surface area contributed by atoms with Gasteiger partial charge in [-0.1, -0.05) is 0 Å². The van der Waals surface area contributed by atoms with Crippen molar-refractivity contribution in [3.8, 4) is 5.88 Å². The van der Waals surface area contributed by atoms with Gasteiger partial charge in [0, 0.05) is 23.0 Å². The highest BCUT2D eigenvalue weighted by molar-refractivity contribution is 5.97. The molecule has 6 nitrogen and oxygen atoms in total. The minimum Gasteiger partial charge on any atom is -0.494 e. The summed E-state index contributed by atoms with van der Waals surface area (Å²) in [7, 11) is 0. The number of carbonyl (C=O) groups excluding carboxylic acids is 1. The number of amides is 1. The molecule has 1 amide bonds. The Morgan fingerprint density at radius 1 is 1.11 bits per heavy atom. The molecule has 148 valence electrons. The molecule has 0 radical (unpaired) electrons. The molecule has 0 spiro atoms. The number of rotatable bonds is 4. The molecule has 2 rings (SSSR count). The first-order valence-corrected chi connectivity index (χ1v) is 7.40. The lowest BCUT2D eigenvalue weighted by atomic mass is 10.1. The van der Waals surface area contributed by atoms with E-state index in [-0.39, 0.29) is 16.5 Å². The van der Waals surface area contributed by atoms with Gasteiger partial charge in [0.1, 0.15) is 0 Å². The van der Waals surface area contributed by atoms with E-state index in [1.807, 2.05) is 0 Å². The van der Waals surface area contributed by atoms with E-state index in [0.29, 0.717) is 12.1 Å². The summed E-state index contributed by atoms with van der Waals surface area (Å²) in [4.78, 5) is 15.0. The van der Waals surface area contributed by atoms with Gasteiger partial charge in [-0.3, -0.25) is 4.79 Å². The van der Waals surface area contributed by atoms with Crippen LogP contribution in [0, 0.1) is 0 Å². The lowest BCUT2D eigenvalue weighted by Crippen LogP contribution is -2.25. The number of carbonyl (C=O) groups is 1. The molecule has 27 heavy (non-hydrogen) atoms. The van der Waals surface area contributed by atoms with Crippen molar-refractivity contribution < 1.29 is 36.2 Å². The second kappa shape index (κ2) is 7.00. The van der Waals surface area contributed by atoms with Gasteiger partial charge < -0.3 is 21.1 Å². The van der Waals surface area contributed by atoms with E-state index < -0.39 is 55.0 Å². The van der Waals surface area contributed by atoms with E-state index in [1.54, 1.807) is 0 Å². The fourth-order valence-electron chi connectivity index (χ4n) is 2.57. The molecule has 1 aromatic carbocycles. The van der Waals surface area contributed by atoms with E-state index in [4.69, 9.17) is 11.5 Å². The maximum absolute atomic E-state index is 13.0. The maximum Gasteiger partial charge on any atom is 0.416 e. The monoisotopic (exact) mass is 396 g/mol. The quantitative estimate of drug-likeness (QED) is 0.420. The molecule has 1 heterocycles. The Morgan fingerprint density at radius 2 is 1.74 bits per heavy atom. The topological polar surface area (TPSA) is 107 Å². The Hall–Kier alpha value is -2.92. The van der Waals surface area contributed by atoms with Crippen LogP contribution in [0.2, 0.25) is 0 Å². The van der Waals surface area contributed by atoms with E-state index in [1.165, 1.54) is 0 Å². The number of guanidine groups is 1. The standard InChI is InChI=1S/C15H14F6N4O2/c16-14(17,18)3-4-25-10(6-11(26)24-13(22)23)9-5-7(15(19,20)21)1-2-8(9)12(25)27/h1-2,5,27H,3-4,6H2,(H4,22,23,24,26). The van der Waals surface area contributed by atoms with E-state index in [0.717, 1.165) is 10.6 Å². The SMILES string of the molecule is NC(N)=NC(=O)Cc1c2cc(C(F)(F)F)ccc2c(O)n1CCC(F)(F)F. The number of aromatic nitrogens is 1. The second-order valence-electron chi connectivity index (χ2n) is 5.65. The summed E-state index contributed by atoms with van der Waals surface area (Å²) in [6.07, 6.45) is -11.4. The van der Waals surface area contributed by atoms with Crippen LogP contribution in [0.3, 0.4) is 0 Å². The molecule has 0 aliphatic rings. The zero-order chi connectivity index (χ0) is 20.6. The normalized spacial score (nSPS) is 12.4. The maximum atomic E-state index is 13.0. The Bertz CT molecular complexity index is 894. The molecule has 0 saturated carbocycles. The van der Waals surface area contributed by atoms with Gasteiger partial charge in [0.05, 0.1) is 18.4 Å². The van der Waals surface area contributed by atoms with Crippen molar-refractivity contribution in [3.05, 3.63) is 29.5 Å². The molecule has 0 atom stereocenters. The van der Waals surface area contributed by atoms with Gasteiger partial charge in [-0.25, -0.2) is 0 Å². The number of alkyl halides is 6. The fourth-order valence-corrected chi connectivity index (χ4v) is 2.57. The predicted molar refractivity (Wildman–Crippen MR) is 83.8 cm³/mol. The largest absolute Gasteiger partial charge is 0.494 e. The van der Waals surface area contributed by atoms with Crippen LogP contribution in [0.5, 0.6) is 5.88 Å².